The Labute approximate surface area is 69.4 Å². The van der Waals surface area contributed by atoms with Crippen LogP contribution in [-0.2, 0) is 0 Å². The zero-order valence-corrected chi connectivity index (χ0v) is 7.72. The lowest BCUT2D eigenvalue weighted by atomic mass is 9.79. The molecule has 0 saturated carbocycles. The number of rotatable bonds is 4. The largest absolute Gasteiger partial charge is 0.388 e. The van der Waals surface area contributed by atoms with Crippen molar-refractivity contribution in [3.63, 3.8) is 0 Å². The van der Waals surface area contributed by atoms with E-state index in [1.54, 1.807) is 6.08 Å². The molecule has 1 heteroatoms. The van der Waals surface area contributed by atoms with E-state index in [2.05, 4.69) is 13.2 Å². The summed E-state index contributed by atoms with van der Waals surface area (Å²) in [6, 6.07) is 0. The molecule has 2 unspecified atom stereocenters. The molecule has 64 valence electrons. The van der Waals surface area contributed by atoms with Gasteiger partial charge in [-0.15, -0.1) is 6.58 Å². The maximum atomic E-state index is 9.67. The second-order valence-corrected chi connectivity index (χ2v) is 3.31. The quantitative estimate of drug-likeness (QED) is 0.617. The van der Waals surface area contributed by atoms with E-state index in [1.807, 2.05) is 20.8 Å². The van der Waals surface area contributed by atoms with Gasteiger partial charge in [0.25, 0.3) is 0 Å². The van der Waals surface area contributed by atoms with Crippen LogP contribution in [0.5, 0.6) is 0 Å². The van der Waals surface area contributed by atoms with E-state index in [9.17, 15) is 5.11 Å². The first-order chi connectivity index (χ1) is 4.98. The van der Waals surface area contributed by atoms with Gasteiger partial charge in [-0.05, 0) is 13.3 Å². The predicted octanol–water partition coefficient (Wildman–Crippen LogP) is 2.53. The number of hydrogen-bond donors (Lipinski definition) is 1. The van der Waals surface area contributed by atoms with E-state index in [0.717, 1.165) is 12.0 Å². The third kappa shape index (κ3) is 2.19. The fourth-order valence-electron chi connectivity index (χ4n) is 1.01. The Bertz CT molecular complexity index is 160. The van der Waals surface area contributed by atoms with Gasteiger partial charge in [0.1, 0.15) is 0 Å². The standard InChI is InChI=1S/C10H18O/c1-6-10(5,7-2)9(11)8(3)4/h6,9,11H,1,3,7H2,2,4-5H3. The van der Waals surface area contributed by atoms with Crippen molar-refractivity contribution in [1.29, 1.82) is 0 Å². The van der Waals surface area contributed by atoms with Crippen LogP contribution in [0.1, 0.15) is 27.2 Å². The summed E-state index contributed by atoms with van der Waals surface area (Å²) in [5, 5.41) is 9.67. The summed E-state index contributed by atoms with van der Waals surface area (Å²) in [5.74, 6) is 0. The summed E-state index contributed by atoms with van der Waals surface area (Å²) in [6.07, 6.45) is 2.21. The molecule has 0 fully saturated rings. The van der Waals surface area contributed by atoms with Crippen LogP contribution in [0.15, 0.2) is 24.8 Å². The molecule has 0 rings (SSSR count). The van der Waals surface area contributed by atoms with Crippen LogP contribution in [0, 0.1) is 5.41 Å². The molecular formula is C10H18O. The first kappa shape index (κ1) is 10.4. The van der Waals surface area contributed by atoms with Crippen LogP contribution in [-0.4, -0.2) is 11.2 Å². The van der Waals surface area contributed by atoms with Gasteiger partial charge >= 0.3 is 0 Å². The number of hydrogen-bond acceptors (Lipinski definition) is 1. The Kier molecular flexibility index (Phi) is 3.53. The molecule has 0 amide bonds. The second kappa shape index (κ2) is 3.72. The highest BCUT2D eigenvalue weighted by atomic mass is 16.3. The predicted molar refractivity (Wildman–Crippen MR) is 49.4 cm³/mol. The zero-order valence-electron chi connectivity index (χ0n) is 7.72. The van der Waals surface area contributed by atoms with E-state index in [4.69, 9.17) is 0 Å². The third-order valence-electron chi connectivity index (χ3n) is 2.32. The lowest BCUT2D eigenvalue weighted by Gasteiger charge is -2.30. The molecule has 0 bridgehead atoms. The maximum Gasteiger partial charge on any atom is 0.0832 e. The van der Waals surface area contributed by atoms with Crippen LogP contribution >= 0.6 is 0 Å². The van der Waals surface area contributed by atoms with Gasteiger partial charge in [-0.2, -0.15) is 0 Å². The summed E-state index contributed by atoms with van der Waals surface area (Å²) < 4.78 is 0. The van der Waals surface area contributed by atoms with E-state index >= 15 is 0 Å². The summed E-state index contributed by atoms with van der Waals surface area (Å²) in [4.78, 5) is 0. The topological polar surface area (TPSA) is 20.2 Å². The monoisotopic (exact) mass is 154 g/mol. The van der Waals surface area contributed by atoms with Gasteiger partial charge in [0.05, 0.1) is 6.10 Å². The fourth-order valence-corrected chi connectivity index (χ4v) is 1.01. The van der Waals surface area contributed by atoms with Crippen molar-refractivity contribution in [3.8, 4) is 0 Å². The molecule has 0 heterocycles. The average Bonchev–Trinajstić information content (AvgIpc) is 2.01. The Balaban J connectivity index is 4.49. The van der Waals surface area contributed by atoms with Gasteiger partial charge in [0, 0.05) is 5.41 Å². The maximum absolute atomic E-state index is 9.67. The Morgan fingerprint density at radius 2 is 2.18 bits per heavy atom. The van der Waals surface area contributed by atoms with E-state index < -0.39 is 6.10 Å². The molecule has 0 aromatic heterocycles. The molecule has 1 N–H and O–H groups in total. The highest BCUT2D eigenvalue weighted by Crippen LogP contribution is 2.30. The van der Waals surface area contributed by atoms with E-state index in [1.165, 1.54) is 0 Å². The lowest BCUT2D eigenvalue weighted by molar-refractivity contribution is 0.0998. The minimum atomic E-state index is -0.468. The van der Waals surface area contributed by atoms with Crippen molar-refractivity contribution >= 4 is 0 Å². The molecule has 0 aromatic rings. The van der Waals surface area contributed by atoms with Gasteiger partial charge in [-0.3, -0.25) is 0 Å². The van der Waals surface area contributed by atoms with Gasteiger partial charge < -0.3 is 5.11 Å². The lowest BCUT2D eigenvalue weighted by Crippen LogP contribution is -2.30. The minimum Gasteiger partial charge on any atom is -0.388 e. The molecule has 0 aliphatic rings. The zero-order chi connectivity index (χ0) is 9.07. The smallest absolute Gasteiger partial charge is 0.0832 e. The minimum absolute atomic E-state index is 0.216. The van der Waals surface area contributed by atoms with Crippen LogP contribution in [0.3, 0.4) is 0 Å². The van der Waals surface area contributed by atoms with Crippen molar-refractivity contribution in [3.05, 3.63) is 24.8 Å². The second-order valence-electron chi connectivity index (χ2n) is 3.31. The third-order valence-corrected chi connectivity index (χ3v) is 2.32. The van der Waals surface area contributed by atoms with E-state index in [-0.39, 0.29) is 5.41 Å². The van der Waals surface area contributed by atoms with Gasteiger partial charge in [0.2, 0.25) is 0 Å². The average molecular weight is 154 g/mol. The highest BCUT2D eigenvalue weighted by molar-refractivity contribution is 5.09. The van der Waals surface area contributed by atoms with Gasteiger partial charge in [0.15, 0.2) is 0 Å². The van der Waals surface area contributed by atoms with Crippen LogP contribution < -0.4 is 0 Å². The van der Waals surface area contributed by atoms with Crippen molar-refractivity contribution in [2.24, 2.45) is 5.41 Å². The van der Waals surface area contributed by atoms with Crippen molar-refractivity contribution in [2.45, 2.75) is 33.3 Å². The van der Waals surface area contributed by atoms with Crippen molar-refractivity contribution in [1.82, 2.24) is 0 Å². The summed E-state index contributed by atoms with van der Waals surface area (Å²) in [5.41, 5.74) is 0.584. The van der Waals surface area contributed by atoms with Gasteiger partial charge in [-0.1, -0.05) is 32.1 Å². The summed E-state index contributed by atoms with van der Waals surface area (Å²) >= 11 is 0. The molecule has 0 spiro atoms. The number of aliphatic hydroxyl groups is 1. The molecule has 0 aromatic carbocycles. The molecule has 11 heavy (non-hydrogen) atoms. The molecule has 0 aliphatic carbocycles. The Morgan fingerprint density at radius 3 is 2.27 bits per heavy atom. The van der Waals surface area contributed by atoms with E-state index in [0.29, 0.717) is 0 Å². The SMILES string of the molecule is C=CC(C)(CC)C(O)C(=C)C. The molecule has 0 aliphatic heterocycles. The Hall–Kier alpha value is -0.560. The molecule has 1 nitrogen and oxygen atoms in total. The number of aliphatic hydroxyl groups excluding tert-OH is 1. The first-order valence-electron chi connectivity index (χ1n) is 3.95. The molecule has 2 atom stereocenters. The van der Waals surface area contributed by atoms with Crippen LogP contribution in [0.2, 0.25) is 0 Å². The van der Waals surface area contributed by atoms with Crippen molar-refractivity contribution in [2.75, 3.05) is 0 Å². The van der Waals surface area contributed by atoms with Gasteiger partial charge in [-0.25, -0.2) is 0 Å². The molecule has 0 radical (unpaired) electrons. The normalized spacial score (nSPS) is 18.5. The fraction of sp³-hybridized carbons (Fsp3) is 0.600. The summed E-state index contributed by atoms with van der Waals surface area (Å²) in [6.45, 7) is 13.3. The first-order valence-corrected chi connectivity index (χ1v) is 3.95. The van der Waals surface area contributed by atoms with Crippen LogP contribution in [0.4, 0.5) is 0 Å². The summed E-state index contributed by atoms with van der Waals surface area (Å²) in [7, 11) is 0. The van der Waals surface area contributed by atoms with Crippen LogP contribution in [0.25, 0.3) is 0 Å². The Morgan fingerprint density at radius 1 is 1.73 bits per heavy atom. The highest BCUT2D eigenvalue weighted by Gasteiger charge is 2.27. The van der Waals surface area contributed by atoms with Crippen molar-refractivity contribution < 1.29 is 5.11 Å². The molecule has 0 saturated heterocycles. The molecular weight excluding hydrogens is 136 g/mol.